The predicted octanol–water partition coefficient (Wildman–Crippen LogP) is 3.97. The molecule has 0 atom stereocenters. The van der Waals surface area contributed by atoms with E-state index >= 15 is 0 Å². The Hall–Kier alpha value is -2.14. The summed E-state index contributed by atoms with van der Waals surface area (Å²) < 4.78 is 0.839. The molecule has 0 bridgehead atoms. The number of anilines is 2. The first-order valence-electron chi connectivity index (χ1n) is 6.41. The lowest BCUT2D eigenvalue weighted by Crippen LogP contribution is -2.12. The molecule has 0 aliphatic heterocycles. The third kappa shape index (κ3) is 4.16. The second-order valence-corrected chi connectivity index (χ2v) is 5.55. The molecule has 0 aromatic heterocycles. The maximum Gasteiger partial charge on any atom is 0.255 e. The molecule has 2 N–H and O–H groups in total. The van der Waals surface area contributed by atoms with E-state index in [1.54, 1.807) is 24.3 Å². The van der Waals surface area contributed by atoms with E-state index in [1.807, 2.05) is 25.1 Å². The number of halogens is 1. The maximum atomic E-state index is 12.2. The number of amides is 2. The number of benzene rings is 2. The molecule has 0 saturated carbocycles. The Morgan fingerprint density at radius 1 is 1.00 bits per heavy atom. The molecule has 0 aliphatic carbocycles. The lowest BCUT2D eigenvalue weighted by molar-refractivity contribution is -0.114. The number of carbonyl (C=O) groups is 2. The molecular weight excluding hydrogens is 332 g/mol. The van der Waals surface area contributed by atoms with Gasteiger partial charge in [-0.15, -0.1) is 0 Å². The van der Waals surface area contributed by atoms with E-state index < -0.39 is 0 Å². The molecule has 108 valence electrons. The zero-order valence-electron chi connectivity index (χ0n) is 11.7. The van der Waals surface area contributed by atoms with Crippen LogP contribution in [-0.2, 0) is 4.79 Å². The van der Waals surface area contributed by atoms with Gasteiger partial charge in [-0.2, -0.15) is 0 Å². The molecule has 0 spiro atoms. The van der Waals surface area contributed by atoms with Crippen molar-refractivity contribution < 1.29 is 9.59 Å². The minimum Gasteiger partial charge on any atom is -0.326 e. The minimum atomic E-state index is -0.200. The summed E-state index contributed by atoms with van der Waals surface area (Å²) in [6.07, 6.45) is 0. The van der Waals surface area contributed by atoms with Gasteiger partial charge in [-0.1, -0.05) is 6.07 Å². The Bertz CT molecular complexity index is 681. The van der Waals surface area contributed by atoms with Gasteiger partial charge in [0.15, 0.2) is 0 Å². The molecule has 0 saturated heterocycles. The van der Waals surface area contributed by atoms with E-state index in [0.717, 1.165) is 15.7 Å². The lowest BCUT2D eigenvalue weighted by Gasteiger charge is -2.09. The zero-order valence-corrected chi connectivity index (χ0v) is 13.3. The fraction of sp³-hybridized carbons (Fsp3) is 0.125. The molecule has 2 rings (SSSR count). The van der Waals surface area contributed by atoms with E-state index in [0.29, 0.717) is 11.3 Å². The summed E-state index contributed by atoms with van der Waals surface area (Å²) in [5, 5.41) is 5.50. The molecule has 4 nitrogen and oxygen atoms in total. The van der Waals surface area contributed by atoms with Crippen molar-refractivity contribution in [3.8, 4) is 0 Å². The quantitative estimate of drug-likeness (QED) is 0.883. The summed E-state index contributed by atoms with van der Waals surface area (Å²) in [7, 11) is 0. The van der Waals surface area contributed by atoms with E-state index in [1.165, 1.54) is 6.92 Å². The van der Waals surface area contributed by atoms with Crippen molar-refractivity contribution in [2.75, 3.05) is 10.6 Å². The normalized spacial score (nSPS) is 10.0. The summed E-state index contributed by atoms with van der Waals surface area (Å²) in [5.41, 5.74) is 3.02. The van der Waals surface area contributed by atoms with Crippen molar-refractivity contribution in [1.29, 1.82) is 0 Å². The van der Waals surface area contributed by atoms with Gasteiger partial charge in [0, 0.05) is 22.6 Å². The van der Waals surface area contributed by atoms with E-state index in [2.05, 4.69) is 26.6 Å². The van der Waals surface area contributed by atoms with Crippen LogP contribution in [0.2, 0.25) is 0 Å². The standard InChI is InChI=1S/C16H15BrN2O2/c1-10-3-8-15(14(17)9-10)19-16(21)12-4-6-13(7-5-12)18-11(2)20/h3-9H,1-2H3,(H,18,20)(H,19,21). The van der Waals surface area contributed by atoms with Gasteiger partial charge in [0.25, 0.3) is 5.91 Å². The maximum absolute atomic E-state index is 12.2. The zero-order chi connectivity index (χ0) is 15.4. The Kier molecular flexibility index (Phi) is 4.75. The van der Waals surface area contributed by atoms with Gasteiger partial charge in [-0.05, 0) is 64.8 Å². The summed E-state index contributed by atoms with van der Waals surface area (Å²) in [6, 6.07) is 12.4. The van der Waals surface area contributed by atoms with Crippen molar-refractivity contribution in [2.24, 2.45) is 0 Å². The smallest absolute Gasteiger partial charge is 0.255 e. The third-order valence-electron chi connectivity index (χ3n) is 2.84. The van der Waals surface area contributed by atoms with Crippen molar-refractivity contribution in [1.82, 2.24) is 0 Å². The number of rotatable bonds is 3. The fourth-order valence-corrected chi connectivity index (χ4v) is 2.42. The highest BCUT2D eigenvalue weighted by molar-refractivity contribution is 9.10. The number of hydrogen-bond acceptors (Lipinski definition) is 2. The monoisotopic (exact) mass is 346 g/mol. The second-order valence-electron chi connectivity index (χ2n) is 4.70. The lowest BCUT2D eigenvalue weighted by atomic mass is 10.1. The van der Waals surface area contributed by atoms with Crippen LogP contribution in [0, 0.1) is 6.92 Å². The average Bonchev–Trinajstić information content (AvgIpc) is 2.42. The van der Waals surface area contributed by atoms with Crippen molar-refractivity contribution in [3.05, 3.63) is 58.1 Å². The van der Waals surface area contributed by atoms with Crippen molar-refractivity contribution in [3.63, 3.8) is 0 Å². The molecular formula is C16H15BrN2O2. The van der Waals surface area contributed by atoms with Crippen LogP contribution in [0.5, 0.6) is 0 Å². The molecule has 5 heteroatoms. The Morgan fingerprint density at radius 2 is 1.67 bits per heavy atom. The SMILES string of the molecule is CC(=O)Nc1ccc(C(=O)Nc2ccc(C)cc2Br)cc1. The third-order valence-corrected chi connectivity index (χ3v) is 3.50. The Morgan fingerprint density at radius 3 is 2.24 bits per heavy atom. The molecule has 21 heavy (non-hydrogen) atoms. The van der Waals surface area contributed by atoms with Crippen molar-refractivity contribution >= 4 is 39.1 Å². The first-order valence-corrected chi connectivity index (χ1v) is 7.20. The van der Waals surface area contributed by atoms with Crippen LogP contribution in [0.1, 0.15) is 22.8 Å². The molecule has 0 fully saturated rings. The second kappa shape index (κ2) is 6.54. The number of nitrogens with one attached hydrogen (secondary N) is 2. The van der Waals surface area contributed by atoms with Crippen LogP contribution in [-0.4, -0.2) is 11.8 Å². The van der Waals surface area contributed by atoms with Crippen LogP contribution in [0.25, 0.3) is 0 Å². The largest absolute Gasteiger partial charge is 0.326 e. The molecule has 0 radical (unpaired) electrons. The van der Waals surface area contributed by atoms with Gasteiger partial charge in [-0.3, -0.25) is 9.59 Å². The van der Waals surface area contributed by atoms with Gasteiger partial charge in [0.2, 0.25) is 5.91 Å². The summed E-state index contributed by atoms with van der Waals surface area (Å²) in [4.78, 5) is 23.1. The van der Waals surface area contributed by atoms with Crippen LogP contribution in [0.3, 0.4) is 0 Å². The first-order chi connectivity index (χ1) is 9.95. The van der Waals surface area contributed by atoms with Crippen LogP contribution >= 0.6 is 15.9 Å². The van der Waals surface area contributed by atoms with Gasteiger partial charge in [-0.25, -0.2) is 0 Å². The number of hydrogen-bond donors (Lipinski definition) is 2. The number of aryl methyl sites for hydroxylation is 1. The Labute approximate surface area is 131 Å². The molecule has 2 amide bonds. The number of carbonyl (C=O) groups excluding carboxylic acids is 2. The van der Waals surface area contributed by atoms with Crippen LogP contribution < -0.4 is 10.6 Å². The predicted molar refractivity (Wildman–Crippen MR) is 87.6 cm³/mol. The van der Waals surface area contributed by atoms with E-state index in [9.17, 15) is 9.59 Å². The van der Waals surface area contributed by atoms with Gasteiger partial charge in [0.05, 0.1) is 5.69 Å². The van der Waals surface area contributed by atoms with E-state index in [4.69, 9.17) is 0 Å². The summed E-state index contributed by atoms with van der Waals surface area (Å²) in [6.45, 7) is 3.42. The van der Waals surface area contributed by atoms with Gasteiger partial charge >= 0.3 is 0 Å². The highest BCUT2D eigenvalue weighted by Gasteiger charge is 2.08. The fourth-order valence-electron chi connectivity index (χ4n) is 1.82. The van der Waals surface area contributed by atoms with Crippen LogP contribution in [0.4, 0.5) is 11.4 Å². The van der Waals surface area contributed by atoms with E-state index in [-0.39, 0.29) is 11.8 Å². The van der Waals surface area contributed by atoms with Gasteiger partial charge in [0.1, 0.15) is 0 Å². The Balaban J connectivity index is 2.11. The molecule has 0 aliphatic rings. The van der Waals surface area contributed by atoms with Crippen molar-refractivity contribution in [2.45, 2.75) is 13.8 Å². The molecule has 2 aromatic carbocycles. The molecule has 2 aromatic rings. The highest BCUT2D eigenvalue weighted by atomic mass is 79.9. The summed E-state index contributed by atoms with van der Waals surface area (Å²) >= 11 is 3.42. The molecule has 0 unspecified atom stereocenters. The topological polar surface area (TPSA) is 58.2 Å². The highest BCUT2D eigenvalue weighted by Crippen LogP contribution is 2.24. The van der Waals surface area contributed by atoms with Crippen LogP contribution in [0.15, 0.2) is 46.9 Å². The minimum absolute atomic E-state index is 0.143. The first kappa shape index (κ1) is 15.3. The average molecular weight is 347 g/mol. The summed E-state index contributed by atoms with van der Waals surface area (Å²) in [5.74, 6) is -0.343. The van der Waals surface area contributed by atoms with Gasteiger partial charge < -0.3 is 10.6 Å². The molecule has 0 heterocycles.